The van der Waals surface area contributed by atoms with Crippen LogP contribution < -0.4 is 0 Å². The van der Waals surface area contributed by atoms with Gasteiger partial charge in [0.1, 0.15) is 6.29 Å². The molecule has 0 aromatic carbocycles. The molecular weight excluding hydrogens is 184 g/mol. The highest BCUT2D eigenvalue weighted by molar-refractivity contribution is 5.48. The molecular formula is C14H28O. The first-order valence-electron chi connectivity index (χ1n) is 6.74. The molecule has 0 aromatic heterocycles. The molecule has 0 fully saturated rings. The molecule has 1 atom stereocenters. The van der Waals surface area contributed by atoms with E-state index in [1.165, 1.54) is 51.4 Å². The molecule has 90 valence electrons. The van der Waals surface area contributed by atoms with Crippen LogP contribution in [0, 0.1) is 5.92 Å². The van der Waals surface area contributed by atoms with E-state index in [0.717, 1.165) is 25.0 Å². The zero-order chi connectivity index (χ0) is 11.4. The van der Waals surface area contributed by atoms with Crippen LogP contribution in [0.1, 0.15) is 78.1 Å². The number of hydrogen-bond donors (Lipinski definition) is 0. The third-order valence-corrected chi connectivity index (χ3v) is 3.22. The van der Waals surface area contributed by atoms with Gasteiger partial charge in [0.05, 0.1) is 0 Å². The fourth-order valence-corrected chi connectivity index (χ4v) is 1.81. The highest BCUT2D eigenvalue weighted by Gasteiger charge is 1.97. The van der Waals surface area contributed by atoms with Crippen LogP contribution in [-0.4, -0.2) is 6.29 Å². The van der Waals surface area contributed by atoms with Crippen molar-refractivity contribution >= 4 is 6.29 Å². The topological polar surface area (TPSA) is 17.1 Å². The Hall–Kier alpha value is -0.330. The van der Waals surface area contributed by atoms with Crippen LogP contribution in [0.4, 0.5) is 0 Å². The molecule has 0 bridgehead atoms. The average molecular weight is 212 g/mol. The summed E-state index contributed by atoms with van der Waals surface area (Å²) >= 11 is 0. The Morgan fingerprint density at radius 3 is 2.00 bits per heavy atom. The van der Waals surface area contributed by atoms with Crippen molar-refractivity contribution < 1.29 is 4.79 Å². The molecule has 0 saturated carbocycles. The Bertz CT molecular complexity index is 131. The average Bonchev–Trinajstić information content (AvgIpc) is 2.26. The molecule has 1 unspecified atom stereocenters. The van der Waals surface area contributed by atoms with Gasteiger partial charge in [-0.2, -0.15) is 0 Å². The van der Waals surface area contributed by atoms with Gasteiger partial charge in [-0.3, -0.25) is 0 Å². The third kappa shape index (κ3) is 11.6. The van der Waals surface area contributed by atoms with Gasteiger partial charge in [-0.05, 0) is 12.3 Å². The van der Waals surface area contributed by atoms with Gasteiger partial charge in [-0.25, -0.2) is 0 Å². The Morgan fingerprint density at radius 2 is 1.47 bits per heavy atom. The van der Waals surface area contributed by atoms with Crippen molar-refractivity contribution in [3.8, 4) is 0 Å². The summed E-state index contributed by atoms with van der Waals surface area (Å²) in [5.74, 6) is 0.914. The maximum Gasteiger partial charge on any atom is 0.119 e. The van der Waals surface area contributed by atoms with Crippen molar-refractivity contribution in [2.75, 3.05) is 0 Å². The zero-order valence-corrected chi connectivity index (χ0v) is 10.6. The summed E-state index contributed by atoms with van der Waals surface area (Å²) in [5.41, 5.74) is 0. The SMILES string of the molecule is CCC(C)CCCCCCCCCC=O. The van der Waals surface area contributed by atoms with Crippen LogP contribution in [0.15, 0.2) is 0 Å². The standard InChI is InChI=1S/C14H28O/c1-3-14(2)12-10-8-6-4-5-7-9-11-13-15/h13-14H,3-12H2,1-2H3. The van der Waals surface area contributed by atoms with E-state index in [-0.39, 0.29) is 0 Å². The van der Waals surface area contributed by atoms with Crippen molar-refractivity contribution in [1.29, 1.82) is 0 Å². The fourth-order valence-electron chi connectivity index (χ4n) is 1.81. The number of hydrogen-bond acceptors (Lipinski definition) is 1. The number of rotatable bonds is 11. The molecule has 0 aliphatic heterocycles. The van der Waals surface area contributed by atoms with E-state index in [1.807, 2.05) is 0 Å². The number of aldehydes is 1. The molecule has 0 rings (SSSR count). The largest absolute Gasteiger partial charge is 0.303 e. The lowest BCUT2D eigenvalue weighted by atomic mass is 10.00. The van der Waals surface area contributed by atoms with Crippen LogP contribution in [0.2, 0.25) is 0 Å². The molecule has 0 N–H and O–H groups in total. The monoisotopic (exact) mass is 212 g/mol. The normalized spacial score (nSPS) is 12.7. The van der Waals surface area contributed by atoms with Crippen LogP contribution >= 0.6 is 0 Å². The van der Waals surface area contributed by atoms with E-state index in [0.29, 0.717) is 0 Å². The van der Waals surface area contributed by atoms with Crippen molar-refractivity contribution in [2.24, 2.45) is 5.92 Å². The minimum Gasteiger partial charge on any atom is -0.303 e. The summed E-state index contributed by atoms with van der Waals surface area (Å²) in [7, 11) is 0. The molecule has 1 heteroatoms. The van der Waals surface area contributed by atoms with Gasteiger partial charge < -0.3 is 4.79 Å². The first kappa shape index (κ1) is 14.7. The minimum absolute atomic E-state index is 0.758. The van der Waals surface area contributed by atoms with Gasteiger partial charge in [0, 0.05) is 6.42 Å². The molecule has 15 heavy (non-hydrogen) atoms. The smallest absolute Gasteiger partial charge is 0.119 e. The van der Waals surface area contributed by atoms with Gasteiger partial charge in [0.15, 0.2) is 0 Å². The second-order valence-corrected chi connectivity index (χ2v) is 4.73. The second kappa shape index (κ2) is 11.7. The number of unbranched alkanes of at least 4 members (excludes halogenated alkanes) is 7. The Kier molecular flexibility index (Phi) is 11.5. The highest BCUT2D eigenvalue weighted by Crippen LogP contribution is 2.14. The predicted octanol–water partition coefficient (Wildman–Crippen LogP) is 4.74. The van der Waals surface area contributed by atoms with Crippen LogP contribution in [0.5, 0.6) is 0 Å². The van der Waals surface area contributed by atoms with E-state index in [4.69, 9.17) is 0 Å². The summed E-state index contributed by atoms with van der Waals surface area (Å²) in [6.07, 6.45) is 13.7. The molecule has 0 aliphatic carbocycles. The van der Waals surface area contributed by atoms with Crippen molar-refractivity contribution in [3.63, 3.8) is 0 Å². The Labute approximate surface area is 95.6 Å². The first-order chi connectivity index (χ1) is 7.31. The van der Waals surface area contributed by atoms with E-state index in [1.54, 1.807) is 0 Å². The number of carbonyl (C=O) groups excluding carboxylic acids is 1. The molecule has 0 saturated heterocycles. The molecule has 1 nitrogen and oxygen atoms in total. The maximum absolute atomic E-state index is 10.1. The molecule has 0 amide bonds. The van der Waals surface area contributed by atoms with Gasteiger partial charge >= 0.3 is 0 Å². The zero-order valence-electron chi connectivity index (χ0n) is 10.6. The van der Waals surface area contributed by atoms with Crippen LogP contribution in [0.25, 0.3) is 0 Å². The fraction of sp³-hybridized carbons (Fsp3) is 0.929. The molecule has 0 aromatic rings. The highest BCUT2D eigenvalue weighted by atomic mass is 16.1. The van der Waals surface area contributed by atoms with Crippen LogP contribution in [-0.2, 0) is 4.79 Å². The molecule has 0 radical (unpaired) electrons. The van der Waals surface area contributed by atoms with Gasteiger partial charge in [-0.1, -0.05) is 65.2 Å². The van der Waals surface area contributed by atoms with Crippen LogP contribution in [0.3, 0.4) is 0 Å². The Morgan fingerprint density at radius 1 is 0.933 bits per heavy atom. The summed E-state index contributed by atoms with van der Waals surface area (Å²) in [6, 6.07) is 0. The van der Waals surface area contributed by atoms with Crippen molar-refractivity contribution in [2.45, 2.75) is 78.1 Å². The van der Waals surface area contributed by atoms with E-state index < -0.39 is 0 Å². The molecule has 0 heterocycles. The Balaban J connectivity index is 2.95. The quantitative estimate of drug-likeness (QED) is 0.357. The summed E-state index contributed by atoms with van der Waals surface area (Å²) in [6.45, 7) is 4.62. The lowest BCUT2D eigenvalue weighted by Gasteiger charge is -2.07. The third-order valence-electron chi connectivity index (χ3n) is 3.22. The minimum atomic E-state index is 0.758. The van der Waals surface area contributed by atoms with E-state index in [2.05, 4.69) is 13.8 Å². The molecule has 0 aliphatic rings. The second-order valence-electron chi connectivity index (χ2n) is 4.73. The van der Waals surface area contributed by atoms with Gasteiger partial charge in [0.25, 0.3) is 0 Å². The van der Waals surface area contributed by atoms with Gasteiger partial charge in [-0.15, -0.1) is 0 Å². The summed E-state index contributed by atoms with van der Waals surface area (Å²) in [5, 5.41) is 0. The summed E-state index contributed by atoms with van der Waals surface area (Å²) < 4.78 is 0. The van der Waals surface area contributed by atoms with Gasteiger partial charge in [0.2, 0.25) is 0 Å². The van der Waals surface area contributed by atoms with E-state index in [9.17, 15) is 4.79 Å². The number of carbonyl (C=O) groups is 1. The lowest BCUT2D eigenvalue weighted by Crippen LogP contribution is -1.91. The first-order valence-corrected chi connectivity index (χ1v) is 6.74. The lowest BCUT2D eigenvalue weighted by molar-refractivity contribution is -0.107. The van der Waals surface area contributed by atoms with E-state index >= 15 is 0 Å². The predicted molar refractivity (Wildman–Crippen MR) is 67.1 cm³/mol. The maximum atomic E-state index is 10.1. The van der Waals surface area contributed by atoms with Crippen molar-refractivity contribution in [1.82, 2.24) is 0 Å². The molecule has 0 spiro atoms. The summed E-state index contributed by atoms with van der Waals surface area (Å²) in [4.78, 5) is 10.1. The van der Waals surface area contributed by atoms with Crippen molar-refractivity contribution in [3.05, 3.63) is 0 Å².